The maximum Gasteiger partial charge on any atom is 0.273 e. The molecule has 0 spiro atoms. The van der Waals surface area contributed by atoms with Crippen molar-refractivity contribution in [2.75, 3.05) is 12.4 Å². The summed E-state index contributed by atoms with van der Waals surface area (Å²) in [6, 6.07) is 9.79. The first kappa shape index (κ1) is 13.8. The Labute approximate surface area is 118 Å². The van der Waals surface area contributed by atoms with E-state index in [0.29, 0.717) is 18.1 Å². The summed E-state index contributed by atoms with van der Waals surface area (Å²) in [4.78, 5) is 18.6. The molecule has 0 bridgehead atoms. The Bertz CT molecular complexity index is 578. The molecule has 1 heterocycles. The van der Waals surface area contributed by atoms with Crippen molar-refractivity contribution in [2.24, 2.45) is 0 Å². The number of pyridine rings is 1. The van der Waals surface area contributed by atoms with E-state index in [9.17, 15) is 4.79 Å². The summed E-state index contributed by atoms with van der Waals surface area (Å²) < 4.78 is 0. The summed E-state index contributed by atoms with van der Waals surface area (Å²) in [5.41, 5.74) is 0.497. The van der Waals surface area contributed by atoms with E-state index in [1.165, 1.54) is 0 Å². The van der Waals surface area contributed by atoms with Gasteiger partial charge in [-0.1, -0.05) is 24.3 Å². The Hall–Kier alpha value is -1.61. The third-order valence-electron chi connectivity index (χ3n) is 3.09. The van der Waals surface area contributed by atoms with Gasteiger partial charge in [0.15, 0.2) is 0 Å². The molecular weight excluding hydrogens is 260 g/mol. The average molecular weight is 277 g/mol. The Morgan fingerprint density at radius 2 is 2.05 bits per heavy atom. The highest BCUT2D eigenvalue weighted by atomic mass is 35.5. The number of halogens is 1. The monoisotopic (exact) mass is 276 g/mol. The molecule has 0 aliphatic heterocycles. The van der Waals surface area contributed by atoms with Crippen LogP contribution in [0, 0.1) is 0 Å². The molecule has 1 aromatic carbocycles. The minimum Gasteiger partial charge on any atom is -0.334 e. The number of amides is 1. The van der Waals surface area contributed by atoms with Crippen LogP contribution in [0.1, 0.15) is 24.3 Å². The number of nitrogens with zero attached hydrogens (tertiary/aromatic N) is 2. The fraction of sp³-hybridized carbons (Fsp3) is 0.333. The van der Waals surface area contributed by atoms with Crippen molar-refractivity contribution in [1.82, 2.24) is 9.88 Å². The predicted molar refractivity (Wildman–Crippen MR) is 78.6 cm³/mol. The molecule has 100 valence electrons. The van der Waals surface area contributed by atoms with Crippen molar-refractivity contribution in [3.8, 4) is 0 Å². The van der Waals surface area contributed by atoms with Crippen LogP contribution in [-0.4, -0.2) is 34.3 Å². The first-order valence-electron chi connectivity index (χ1n) is 6.36. The van der Waals surface area contributed by atoms with E-state index < -0.39 is 0 Å². The van der Waals surface area contributed by atoms with Gasteiger partial charge >= 0.3 is 0 Å². The summed E-state index contributed by atoms with van der Waals surface area (Å²) in [7, 11) is 0. The maximum absolute atomic E-state index is 12.6. The number of benzene rings is 1. The topological polar surface area (TPSA) is 33.2 Å². The normalized spacial score (nSPS) is 10.9. The molecule has 1 aromatic heterocycles. The standard InChI is InChI=1S/C15H17ClN2O/c1-11(2)18(10-8-16)15(19)14-13-6-4-3-5-12(13)7-9-17-14/h3-7,9,11H,8,10H2,1-2H3. The Morgan fingerprint density at radius 1 is 1.32 bits per heavy atom. The Kier molecular flexibility index (Phi) is 4.38. The van der Waals surface area contributed by atoms with Crippen molar-refractivity contribution in [1.29, 1.82) is 0 Å². The van der Waals surface area contributed by atoms with Gasteiger partial charge in [0, 0.05) is 30.0 Å². The average Bonchev–Trinajstić information content (AvgIpc) is 2.43. The molecule has 2 aromatic rings. The van der Waals surface area contributed by atoms with Crippen LogP contribution in [0.3, 0.4) is 0 Å². The maximum atomic E-state index is 12.6. The lowest BCUT2D eigenvalue weighted by atomic mass is 10.1. The lowest BCUT2D eigenvalue weighted by molar-refractivity contribution is 0.0714. The molecular formula is C15H17ClN2O. The van der Waals surface area contributed by atoms with Gasteiger partial charge in [0.05, 0.1) is 0 Å². The molecule has 0 saturated heterocycles. The summed E-state index contributed by atoms with van der Waals surface area (Å²) in [6.07, 6.45) is 1.68. The van der Waals surface area contributed by atoms with Crippen LogP contribution >= 0.6 is 11.6 Å². The highest BCUT2D eigenvalue weighted by Crippen LogP contribution is 2.18. The lowest BCUT2D eigenvalue weighted by Gasteiger charge is -2.25. The number of hydrogen-bond acceptors (Lipinski definition) is 2. The Balaban J connectivity index is 2.45. The SMILES string of the molecule is CC(C)N(CCCl)C(=O)c1nccc2ccccc12. The minimum atomic E-state index is -0.0625. The molecule has 19 heavy (non-hydrogen) atoms. The van der Waals surface area contributed by atoms with E-state index in [1.54, 1.807) is 11.1 Å². The second-order valence-electron chi connectivity index (χ2n) is 4.66. The zero-order valence-electron chi connectivity index (χ0n) is 11.1. The third kappa shape index (κ3) is 2.87. The molecule has 0 unspecified atom stereocenters. The minimum absolute atomic E-state index is 0.0625. The van der Waals surface area contributed by atoms with E-state index in [1.807, 2.05) is 44.2 Å². The van der Waals surface area contributed by atoms with E-state index in [0.717, 1.165) is 10.8 Å². The number of aromatic nitrogens is 1. The number of alkyl halides is 1. The highest BCUT2D eigenvalue weighted by Gasteiger charge is 2.21. The number of rotatable bonds is 4. The van der Waals surface area contributed by atoms with Crippen LogP contribution in [-0.2, 0) is 0 Å². The molecule has 1 amide bonds. The molecule has 3 nitrogen and oxygen atoms in total. The van der Waals surface area contributed by atoms with Crippen LogP contribution in [0.25, 0.3) is 10.8 Å². The molecule has 0 fully saturated rings. The van der Waals surface area contributed by atoms with E-state index in [-0.39, 0.29) is 11.9 Å². The van der Waals surface area contributed by atoms with Crippen molar-refractivity contribution >= 4 is 28.3 Å². The molecule has 0 aliphatic rings. The van der Waals surface area contributed by atoms with Gasteiger partial charge in [-0.05, 0) is 25.3 Å². The zero-order valence-corrected chi connectivity index (χ0v) is 11.9. The van der Waals surface area contributed by atoms with Crippen LogP contribution in [0.15, 0.2) is 36.5 Å². The molecule has 0 N–H and O–H groups in total. The summed E-state index contributed by atoms with van der Waals surface area (Å²) >= 11 is 5.78. The predicted octanol–water partition coefficient (Wildman–Crippen LogP) is 3.32. The van der Waals surface area contributed by atoms with Crippen molar-refractivity contribution in [2.45, 2.75) is 19.9 Å². The van der Waals surface area contributed by atoms with Gasteiger partial charge in [0.2, 0.25) is 0 Å². The number of carbonyl (C=O) groups excluding carboxylic acids is 1. The quantitative estimate of drug-likeness (QED) is 0.803. The summed E-state index contributed by atoms with van der Waals surface area (Å²) in [6.45, 7) is 4.49. The van der Waals surface area contributed by atoms with Crippen molar-refractivity contribution in [3.63, 3.8) is 0 Å². The Morgan fingerprint density at radius 3 is 2.74 bits per heavy atom. The van der Waals surface area contributed by atoms with E-state index >= 15 is 0 Å². The lowest BCUT2D eigenvalue weighted by Crippen LogP contribution is -2.38. The smallest absolute Gasteiger partial charge is 0.273 e. The van der Waals surface area contributed by atoms with Crippen LogP contribution in [0.4, 0.5) is 0 Å². The van der Waals surface area contributed by atoms with E-state index in [4.69, 9.17) is 11.6 Å². The number of fused-ring (bicyclic) bond motifs is 1. The van der Waals surface area contributed by atoms with Crippen molar-refractivity contribution in [3.05, 3.63) is 42.2 Å². The van der Waals surface area contributed by atoms with Gasteiger partial charge in [-0.25, -0.2) is 0 Å². The number of hydrogen-bond donors (Lipinski definition) is 0. The molecule has 0 radical (unpaired) electrons. The summed E-state index contributed by atoms with van der Waals surface area (Å²) in [5.74, 6) is 0.363. The molecule has 2 rings (SSSR count). The molecule has 4 heteroatoms. The van der Waals surface area contributed by atoms with E-state index in [2.05, 4.69) is 4.98 Å². The number of carbonyl (C=O) groups is 1. The van der Waals surface area contributed by atoms with Crippen LogP contribution in [0.2, 0.25) is 0 Å². The molecule has 0 saturated carbocycles. The van der Waals surface area contributed by atoms with Gasteiger partial charge in [-0.3, -0.25) is 9.78 Å². The van der Waals surface area contributed by atoms with Gasteiger partial charge in [0.1, 0.15) is 5.69 Å². The molecule has 0 aliphatic carbocycles. The fourth-order valence-electron chi connectivity index (χ4n) is 2.11. The van der Waals surface area contributed by atoms with Gasteiger partial charge in [-0.15, -0.1) is 11.6 Å². The highest BCUT2D eigenvalue weighted by molar-refractivity contribution is 6.18. The fourth-order valence-corrected chi connectivity index (χ4v) is 2.29. The van der Waals surface area contributed by atoms with Gasteiger partial charge in [-0.2, -0.15) is 0 Å². The second-order valence-corrected chi connectivity index (χ2v) is 5.04. The zero-order chi connectivity index (χ0) is 13.8. The first-order chi connectivity index (χ1) is 9.15. The van der Waals surface area contributed by atoms with Gasteiger partial charge in [0.25, 0.3) is 5.91 Å². The first-order valence-corrected chi connectivity index (χ1v) is 6.89. The molecule has 0 atom stereocenters. The second kappa shape index (κ2) is 6.02. The van der Waals surface area contributed by atoms with Gasteiger partial charge < -0.3 is 4.90 Å². The third-order valence-corrected chi connectivity index (χ3v) is 3.25. The largest absolute Gasteiger partial charge is 0.334 e. The van der Waals surface area contributed by atoms with Crippen molar-refractivity contribution < 1.29 is 4.79 Å². The summed E-state index contributed by atoms with van der Waals surface area (Å²) in [5, 5.41) is 1.91. The van der Waals surface area contributed by atoms with Crippen LogP contribution < -0.4 is 0 Å². The van der Waals surface area contributed by atoms with Crippen LogP contribution in [0.5, 0.6) is 0 Å².